The predicted octanol–water partition coefficient (Wildman–Crippen LogP) is 7.04. The number of halogens is 3. The molecule has 0 nitrogen and oxygen atoms in total. The second-order valence-corrected chi connectivity index (χ2v) is 5.96. The number of benzene rings is 3. The summed E-state index contributed by atoms with van der Waals surface area (Å²) in [6.07, 6.45) is 0. The maximum atomic E-state index is 6.36. The van der Waals surface area contributed by atoms with E-state index < -0.39 is 0 Å². The minimum Gasteiger partial charge on any atom is -0.147 e. The van der Waals surface area contributed by atoms with Crippen LogP contribution in [0.3, 0.4) is 0 Å². The molecule has 0 aromatic heterocycles. The van der Waals surface area contributed by atoms with Crippen LogP contribution < -0.4 is 0 Å². The topological polar surface area (TPSA) is 0 Å². The van der Waals surface area contributed by atoms with Crippen molar-refractivity contribution in [2.75, 3.05) is 0 Å². The lowest BCUT2D eigenvalue weighted by Gasteiger charge is -2.15. The van der Waals surface area contributed by atoms with Crippen molar-refractivity contribution < 1.29 is 0 Å². The molecule has 0 saturated carbocycles. The lowest BCUT2D eigenvalue weighted by molar-refractivity contribution is 1.45. The van der Waals surface area contributed by atoms with Crippen molar-refractivity contribution in [3.05, 3.63) is 76.8 Å². The predicted molar refractivity (Wildman–Crippen MR) is 102 cm³/mol. The van der Waals surface area contributed by atoms with Crippen LogP contribution in [0.4, 0.5) is 0 Å². The maximum Gasteiger partial charge on any atom is 0.0485 e. The molecule has 0 radical (unpaired) electrons. The van der Waals surface area contributed by atoms with E-state index in [1.54, 1.807) is 0 Å². The van der Waals surface area contributed by atoms with Crippen LogP contribution in [0.25, 0.3) is 22.3 Å². The summed E-state index contributed by atoms with van der Waals surface area (Å²) >= 11 is 17.3. The van der Waals surface area contributed by atoms with Gasteiger partial charge in [0.15, 0.2) is 0 Å². The maximum absolute atomic E-state index is 6.36. The zero-order valence-electron chi connectivity index (χ0n) is 11.5. The van der Waals surface area contributed by atoms with E-state index in [4.69, 9.17) is 23.2 Å². The standard InChI is InChI=1S/C18H12Cl2S.ClH/c19-15-9-3-1-6-12(15)13-8-5-11-17(21)18(13)14-7-2-4-10-16(14)20;/h1-11,21H;1H. The van der Waals surface area contributed by atoms with Gasteiger partial charge in [-0.15, -0.1) is 25.0 Å². The molecular formula is C18H13Cl3S. The third-order valence-electron chi connectivity index (χ3n) is 3.35. The number of thiol groups is 1. The van der Waals surface area contributed by atoms with Crippen molar-refractivity contribution in [3.63, 3.8) is 0 Å². The Bertz CT molecular complexity index is 800. The van der Waals surface area contributed by atoms with Gasteiger partial charge in [0.2, 0.25) is 0 Å². The average Bonchev–Trinajstić information content (AvgIpc) is 2.49. The van der Waals surface area contributed by atoms with Crippen molar-refractivity contribution in [3.8, 4) is 22.3 Å². The lowest BCUT2D eigenvalue weighted by Crippen LogP contribution is -1.89. The van der Waals surface area contributed by atoms with Gasteiger partial charge in [0.1, 0.15) is 0 Å². The lowest BCUT2D eigenvalue weighted by atomic mass is 9.94. The molecule has 0 spiro atoms. The van der Waals surface area contributed by atoms with Gasteiger partial charge in [-0.2, -0.15) is 0 Å². The van der Waals surface area contributed by atoms with Crippen LogP contribution in [-0.4, -0.2) is 0 Å². The Morgan fingerprint density at radius 3 is 1.68 bits per heavy atom. The molecule has 0 amide bonds. The van der Waals surface area contributed by atoms with Crippen LogP contribution in [0.5, 0.6) is 0 Å². The fourth-order valence-electron chi connectivity index (χ4n) is 2.39. The average molecular weight is 368 g/mol. The molecule has 0 fully saturated rings. The Morgan fingerprint density at radius 1 is 0.591 bits per heavy atom. The summed E-state index contributed by atoms with van der Waals surface area (Å²) in [5, 5.41) is 1.41. The first-order valence-electron chi connectivity index (χ1n) is 6.50. The normalized spacial score (nSPS) is 10.1. The van der Waals surface area contributed by atoms with Crippen LogP contribution in [0.15, 0.2) is 71.6 Å². The molecule has 22 heavy (non-hydrogen) atoms. The Hall–Kier alpha value is -1.12. The van der Waals surface area contributed by atoms with E-state index in [0.29, 0.717) is 10.0 Å². The summed E-state index contributed by atoms with van der Waals surface area (Å²) in [5.41, 5.74) is 3.96. The molecule has 4 heteroatoms. The van der Waals surface area contributed by atoms with E-state index in [1.165, 1.54) is 0 Å². The minimum absolute atomic E-state index is 0. The Morgan fingerprint density at radius 2 is 1.09 bits per heavy atom. The van der Waals surface area contributed by atoms with Gasteiger partial charge in [0.25, 0.3) is 0 Å². The molecular weight excluding hydrogens is 355 g/mol. The third-order valence-corrected chi connectivity index (χ3v) is 4.38. The first kappa shape index (κ1) is 17.2. The van der Waals surface area contributed by atoms with Gasteiger partial charge in [0, 0.05) is 31.6 Å². The monoisotopic (exact) mass is 366 g/mol. The van der Waals surface area contributed by atoms with Gasteiger partial charge < -0.3 is 0 Å². The second-order valence-electron chi connectivity index (χ2n) is 4.66. The summed E-state index contributed by atoms with van der Waals surface area (Å²) in [6.45, 7) is 0. The molecule has 0 bridgehead atoms. The highest BCUT2D eigenvalue weighted by Gasteiger charge is 2.14. The molecule has 0 saturated heterocycles. The van der Waals surface area contributed by atoms with Gasteiger partial charge in [-0.3, -0.25) is 0 Å². The van der Waals surface area contributed by atoms with Crippen LogP contribution in [0, 0.1) is 0 Å². The number of hydrogen-bond donors (Lipinski definition) is 1. The van der Waals surface area contributed by atoms with Crippen molar-refractivity contribution >= 4 is 48.2 Å². The third kappa shape index (κ3) is 3.28. The Labute approximate surface area is 151 Å². The van der Waals surface area contributed by atoms with E-state index in [1.807, 2.05) is 66.7 Å². The van der Waals surface area contributed by atoms with Crippen molar-refractivity contribution in [2.45, 2.75) is 4.90 Å². The summed E-state index contributed by atoms with van der Waals surface area (Å²) in [5.74, 6) is 0. The summed E-state index contributed by atoms with van der Waals surface area (Å²) in [6, 6.07) is 21.5. The van der Waals surface area contributed by atoms with Crippen LogP contribution >= 0.6 is 48.2 Å². The molecule has 0 aliphatic heterocycles. The molecule has 0 aliphatic rings. The number of hydrogen-bond acceptors (Lipinski definition) is 1. The van der Waals surface area contributed by atoms with Crippen LogP contribution in [0.1, 0.15) is 0 Å². The van der Waals surface area contributed by atoms with E-state index in [0.717, 1.165) is 27.1 Å². The van der Waals surface area contributed by atoms with Gasteiger partial charge in [-0.1, -0.05) is 71.7 Å². The summed E-state index contributed by atoms with van der Waals surface area (Å²) in [4.78, 5) is 0.875. The van der Waals surface area contributed by atoms with Crippen molar-refractivity contribution in [1.29, 1.82) is 0 Å². The number of rotatable bonds is 2. The quantitative estimate of drug-likeness (QED) is 0.461. The first-order valence-corrected chi connectivity index (χ1v) is 7.70. The van der Waals surface area contributed by atoms with E-state index in [2.05, 4.69) is 12.6 Å². The molecule has 3 aromatic rings. The Balaban J connectivity index is 0.00000176. The van der Waals surface area contributed by atoms with E-state index in [-0.39, 0.29) is 12.4 Å². The van der Waals surface area contributed by atoms with Gasteiger partial charge in [0.05, 0.1) is 0 Å². The van der Waals surface area contributed by atoms with Crippen molar-refractivity contribution in [2.24, 2.45) is 0 Å². The molecule has 0 unspecified atom stereocenters. The summed E-state index contributed by atoms with van der Waals surface area (Å²) < 4.78 is 0. The zero-order valence-corrected chi connectivity index (χ0v) is 14.7. The highest BCUT2D eigenvalue weighted by molar-refractivity contribution is 7.80. The van der Waals surface area contributed by atoms with Crippen molar-refractivity contribution in [1.82, 2.24) is 0 Å². The molecule has 0 aliphatic carbocycles. The molecule has 0 N–H and O–H groups in total. The highest BCUT2D eigenvalue weighted by Crippen LogP contribution is 2.41. The largest absolute Gasteiger partial charge is 0.147 e. The van der Waals surface area contributed by atoms with E-state index in [9.17, 15) is 0 Å². The zero-order chi connectivity index (χ0) is 14.8. The SMILES string of the molecule is Cl.Sc1cccc(-c2ccccc2Cl)c1-c1ccccc1Cl. The smallest absolute Gasteiger partial charge is 0.0485 e. The minimum atomic E-state index is 0. The second kappa shape index (κ2) is 7.43. The molecule has 0 heterocycles. The molecule has 3 rings (SSSR count). The summed E-state index contributed by atoms with van der Waals surface area (Å²) in [7, 11) is 0. The van der Waals surface area contributed by atoms with Crippen LogP contribution in [0.2, 0.25) is 10.0 Å². The van der Waals surface area contributed by atoms with E-state index >= 15 is 0 Å². The fraction of sp³-hybridized carbons (Fsp3) is 0. The Kier molecular flexibility index (Phi) is 5.82. The first-order chi connectivity index (χ1) is 10.2. The molecule has 3 aromatic carbocycles. The van der Waals surface area contributed by atoms with Gasteiger partial charge >= 0.3 is 0 Å². The van der Waals surface area contributed by atoms with Gasteiger partial charge in [-0.25, -0.2) is 0 Å². The van der Waals surface area contributed by atoms with Gasteiger partial charge in [-0.05, 0) is 23.8 Å². The molecule has 0 atom stereocenters. The highest BCUT2D eigenvalue weighted by atomic mass is 35.5. The molecule has 112 valence electrons. The van der Waals surface area contributed by atoms with Crippen LogP contribution in [-0.2, 0) is 0 Å². The fourth-order valence-corrected chi connectivity index (χ4v) is 3.19.